The first kappa shape index (κ1) is 17.8. The lowest BCUT2D eigenvalue weighted by molar-refractivity contribution is -0.116. The second-order valence-electron chi connectivity index (χ2n) is 6.72. The van der Waals surface area contributed by atoms with E-state index < -0.39 is 0 Å². The number of carbonyl (C=O) groups excluding carboxylic acids is 1. The summed E-state index contributed by atoms with van der Waals surface area (Å²) < 4.78 is 1.80. The molecule has 0 bridgehead atoms. The number of amides is 1. The number of aryl methyl sites for hydroxylation is 1. The van der Waals surface area contributed by atoms with Crippen LogP contribution >= 0.6 is 0 Å². The van der Waals surface area contributed by atoms with E-state index >= 15 is 0 Å². The second-order valence-corrected chi connectivity index (χ2v) is 6.72. The normalized spacial score (nSPS) is 11.2. The standard InChI is InChI=1S/C19H23N5O2/c1-13(2)12-24-17(10-11-20-24)23-18(25)9-5-8-16-21-15-7-4-3-6-14(15)19(26)22-16/h3-4,6-7,10-11,13H,5,8-9,12H2,1-2H3,(H,23,25)(H,21,22,26). The van der Waals surface area contributed by atoms with E-state index in [0.717, 1.165) is 6.54 Å². The Morgan fingerprint density at radius 2 is 2.08 bits per heavy atom. The fraction of sp³-hybridized carbons (Fsp3) is 0.368. The predicted octanol–water partition coefficient (Wildman–Crippen LogP) is 2.74. The monoisotopic (exact) mass is 353 g/mol. The van der Waals surface area contributed by atoms with Crippen LogP contribution in [0.25, 0.3) is 10.9 Å². The summed E-state index contributed by atoms with van der Waals surface area (Å²) in [6.07, 6.45) is 3.18. The van der Waals surface area contributed by atoms with Gasteiger partial charge < -0.3 is 10.3 Å². The number of nitrogens with one attached hydrogen (secondary N) is 2. The highest BCUT2D eigenvalue weighted by Crippen LogP contribution is 2.11. The zero-order valence-electron chi connectivity index (χ0n) is 15.0. The van der Waals surface area contributed by atoms with Gasteiger partial charge in [-0.3, -0.25) is 9.59 Å². The highest BCUT2D eigenvalue weighted by atomic mass is 16.1. The predicted molar refractivity (Wildman–Crippen MR) is 101 cm³/mol. The van der Waals surface area contributed by atoms with Gasteiger partial charge in [-0.1, -0.05) is 26.0 Å². The Bertz CT molecular complexity index is 958. The number of H-pyrrole nitrogens is 1. The fourth-order valence-corrected chi connectivity index (χ4v) is 2.81. The van der Waals surface area contributed by atoms with Crippen LogP contribution in [-0.2, 0) is 17.8 Å². The Morgan fingerprint density at radius 1 is 1.27 bits per heavy atom. The molecule has 0 aliphatic rings. The molecule has 3 aromatic rings. The average Bonchev–Trinajstić information content (AvgIpc) is 3.01. The fourth-order valence-electron chi connectivity index (χ4n) is 2.81. The maximum absolute atomic E-state index is 12.2. The molecule has 2 heterocycles. The van der Waals surface area contributed by atoms with Crippen LogP contribution in [0.5, 0.6) is 0 Å². The largest absolute Gasteiger partial charge is 0.311 e. The average molecular weight is 353 g/mol. The smallest absolute Gasteiger partial charge is 0.258 e. The number of hydrogen-bond acceptors (Lipinski definition) is 4. The van der Waals surface area contributed by atoms with Crippen LogP contribution in [0.2, 0.25) is 0 Å². The van der Waals surface area contributed by atoms with Gasteiger partial charge >= 0.3 is 0 Å². The van der Waals surface area contributed by atoms with Gasteiger partial charge in [-0.2, -0.15) is 5.10 Å². The van der Waals surface area contributed by atoms with Crippen molar-refractivity contribution in [1.29, 1.82) is 0 Å². The van der Waals surface area contributed by atoms with E-state index in [1.807, 2.05) is 18.2 Å². The summed E-state index contributed by atoms with van der Waals surface area (Å²) in [4.78, 5) is 31.5. The summed E-state index contributed by atoms with van der Waals surface area (Å²) in [5.41, 5.74) is 0.529. The maximum Gasteiger partial charge on any atom is 0.258 e. The zero-order valence-corrected chi connectivity index (χ0v) is 15.0. The number of anilines is 1. The number of rotatable bonds is 7. The first-order valence-corrected chi connectivity index (χ1v) is 8.82. The molecule has 0 aliphatic heterocycles. The van der Waals surface area contributed by atoms with Gasteiger partial charge in [-0.15, -0.1) is 0 Å². The van der Waals surface area contributed by atoms with Crippen LogP contribution in [0.4, 0.5) is 5.82 Å². The van der Waals surface area contributed by atoms with Crippen LogP contribution in [0.3, 0.4) is 0 Å². The van der Waals surface area contributed by atoms with Crippen molar-refractivity contribution in [2.75, 3.05) is 5.32 Å². The van der Waals surface area contributed by atoms with E-state index in [0.29, 0.717) is 47.7 Å². The SMILES string of the molecule is CC(C)Cn1nccc1NC(=O)CCCc1nc2ccccc2c(=O)[nH]1. The third-order valence-electron chi connectivity index (χ3n) is 4.00. The number of fused-ring (bicyclic) bond motifs is 1. The van der Waals surface area contributed by atoms with Crippen molar-refractivity contribution < 1.29 is 4.79 Å². The molecule has 1 aromatic carbocycles. The number of carbonyl (C=O) groups is 1. The molecule has 2 aromatic heterocycles. The van der Waals surface area contributed by atoms with E-state index in [2.05, 4.69) is 34.2 Å². The molecule has 0 aliphatic carbocycles. The summed E-state index contributed by atoms with van der Waals surface area (Å²) in [6, 6.07) is 9.03. The third-order valence-corrected chi connectivity index (χ3v) is 4.00. The summed E-state index contributed by atoms with van der Waals surface area (Å²) in [6.45, 7) is 4.96. The summed E-state index contributed by atoms with van der Waals surface area (Å²) in [7, 11) is 0. The van der Waals surface area contributed by atoms with Crippen molar-refractivity contribution in [3.8, 4) is 0 Å². The minimum absolute atomic E-state index is 0.0707. The first-order valence-electron chi connectivity index (χ1n) is 8.82. The Hall–Kier alpha value is -2.96. The minimum Gasteiger partial charge on any atom is -0.311 e. The molecule has 0 radical (unpaired) electrons. The Labute approximate surface area is 151 Å². The topological polar surface area (TPSA) is 92.7 Å². The van der Waals surface area contributed by atoms with Gasteiger partial charge in [0.05, 0.1) is 17.1 Å². The molecular formula is C19H23N5O2. The third kappa shape index (κ3) is 4.36. The lowest BCUT2D eigenvalue weighted by Gasteiger charge is -2.10. The highest BCUT2D eigenvalue weighted by Gasteiger charge is 2.09. The van der Waals surface area contributed by atoms with Gasteiger partial charge in [0.1, 0.15) is 11.6 Å². The van der Waals surface area contributed by atoms with Gasteiger partial charge in [-0.25, -0.2) is 9.67 Å². The van der Waals surface area contributed by atoms with Crippen molar-refractivity contribution in [2.24, 2.45) is 5.92 Å². The molecule has 7 heteroatoms. The van der Waals surface area contributed by atoms with Gasteiger partial charge in [0.2, 0.25) is 5.91 Å². The molecule has 0 spiro atoms. The number of benzene rings is 1. The Kier molecular flexibility index (Phi) is 5.46. The molecule has 1 amide bonds. The lowest BCUT2D eigenvalue weighted by atomic mass is 10.2. The maximum atomic E-state index is 12.2. The van der Waals surface area contributed by atoms with E-state index in [1.54, 1.807) is 23.0 Å². The number of nitrogens with zero attached hydrogens (tertiary/aromatic N) is 3. The molecule has 26 heavy (non-hydrogen) atoms. The van der Waals surface area contributed by atoms with Gasteiger partial charge in [0.15, 0.2) is 0 Å². The van der Waals surface area contributed by atoms with Crippen LogP contribution in [0.15, 0.2) is 41.3 Å². The molecule has 3 rings (SSSR count). The highest BCUT2D eigenvalue weighted by molar-refractivity contribution is 5.89. The number of hydrogen-bond donors (Lipinski definition) is 2. The summed E-state index contributed by atoms with van der Waals surface area (Å²) in [5.74, 6) is 1.69. The van der Waals surface area contributed by atoms with E-state index in [9.17, 15) is 9.59 Å². The minimum atomic E-state index is -0.146. The van der Waals surface area contributed by atoms with Crippen molar-refractivity contribution >= 4 is 22.6 Å². The molecule has 0 saturated heterocycles. The van der Waals surface area contributed by atoms with Crippen LogP contribution < -0.4 is 10.9 Å². The number of para-hydroxylation sites is 1. The second kappa shape index (κ2) is 7.95. The molecule has 2 N–H and O–H groups in total. The van der Waals surface area contributed by atoms with Crippen molar-refractivity contribution in [3.63, 3.8) is 0 Å². The van der Waals surface area contributed by atoms with E-state index in [1.165, 1.54) is 0 Å². The molecule has 0 atom stereocenters. The number of aromatic amines is 1. The molecule has 136 valence electrons. The molecule has 0 saturated carbocycles. The summed E-state index contributed by atoms with van der Waals surface area (Å²) >= 11 is 0. The van der Waals surface area contributed by atoms with Crippen LogP contribution in [-0.4, -0.2) is 25.7 Å². The Morgan fingerprint density at radius 3 is 2.88 bits per heavy atom. The van der Waals surface area contributed by atoms with E-state index in [-0.39, 0.29) is 11.5 Å². The van der Waals surface area contributed by atoms with Crippen LogP contribution in [0, 0.1) is 5.92 Å². The van der Waals surface area contributed by atoms with Crippen molar-refractivity contribution in [1.82, 2.24) is 19.7 Å². The van der Waals surface area contributed by atoms with Crippen molar-refractivity contribution in [2.45, 2.75) is 39.7 Å². The van der Waals surface area contributed by atoms with Gasteiger partial charge in [0.25, 0.3) is 5.56 Å². The molecule has 7 nitrogen and oxygen atoms in total. The van der Waals surface area contributed by atoms with E-state index in [4.69, 9.17) is 0 Å². The summed E-state index contributed by atoms with van der Waals surface area (Å²) in [5, 5.41) is 7.70. The van der Waals surface area contributed by atoms with Gasteiger partial charge in [0, 0.05) is 25.5 Å². The quantitative estimate of drug-likeness (QED) is 0.683. The molecule has 0 unspecified atom stereocenters. The van der Waals surface area contributed by atoms with Gasteiger partial charge in [-0.05, 0) is 24.5 Å². The molecular weight excluding hydrogens is 330 g/mol. The number of aromatic nitrogens is 4. The lowest BCUT2D eigenvalue weighted by Crippen LogP contribution is -2.17. The van der Waals surface area contributed by atoms with Crippen LogP contribution in [0.1, 0.15) is 32.5 Å². The van der Waals surface area contributed by atoms with Crippen molar-refractivity contribution in [3.05, 3.63) is 52.7 Å². The first-order chi connectivity index (χ1) is 12.5. The molecule has 0 fully saturated rings. The zero-order chi connectivity index (χ0) is 18.5. The Balaban J connectivity index is 1.56.